The van der Waals surface area contributed by atoms with Crippen molar-refractivity contribution in [3.8, 4) is 0 Å². The van der Waals surface area contributed by atoms with Crippen LogP contribution in [0, 0.1) is 0 Å². The molecule has 2 N–H and O–H groups in total. The summed E-state index contributed by atoms with van der Waals surface area (Å²) in [4.78, 5) is 27.6. The van der Waals surface area contributed by atoms with Gasteiger partial charge in [-0.2, -0.15) is 0 Å². The summed E-state index contributed by atoms with van der Waals surface area (Å²) in [5.74, 6) is 0. The maximum atomic E-state index is 12.3. The van der Waals surface area contributed by atoms with Crippen molar-refractivity contribution in [2.24, 2.45) is 0 Å². The SMILES string of the molecule is CCNC(=O)N1CCCN(C(=O)NCc2cccc(Cl)c2)CC1. The van der Waals surface area contributed by atoms with Gasteiger partial charge in [0.2, 0.25) is 0 Å². The average molecular weight is 339 g/mol. The van der Waals surface area contributed by atoms with Crippen LogP contribution in [-0.4, -0.2) is 54.6 Å². The number of halogens is 1. The number of amides is 4. The van der Waals surface area contributed by atoms with E-state index in [4.69, 9.17) is 11.6 Å². The second-order valence-electron chi connectivity index (χ2n) is 5.45. The Labute approximate surface area is 141 Å². The monoisotopic (exact) mass is 338 g/mol. The van der Waals surface area contributed by atoms with Crippen molar-refractivity contribution in [2.45, 2.75) is 19.9 Å². The van der Waals surface area contributed by atoms with E-state index in [1.807, 2.05) is 25.1 Å². The van der Waals surface area contributed by atoms with Gasteiger partial charge in [-0.15, -0.1) is 0 Å². The minimum absolute atomic E-state index is 0.0614. The summed E-state index contributed by atoms with van der Waals surface area (Å²) >= 11 is 5.94. The first-order chi connectivity index (χ1) is 11.1. The van der Waals surface area contributed by atoms with Crippen LogP contribution in [0.2, 0.25) is 5.02 Å². The molecule has 0 atom stereocenters. The molecule has 0 saturated carbocycles. The first-order valence-corrected chi connectivity index (χ1v) is 8.28. The maximum absolute atomic E-state index is 12.3. The van der Waals surface area contributed by atoms with Gasteiger partial charge in [-0.3, -0.25) is 0 Å². The second-order valence-corrected chi connectivity index (χ2v) is 5.89. The quantitative estimate of drug-likeness (QED) is 0.888. The number of nitrogens with one attached hydrogen (secondary N) is 2. The van der Waals surface area contributed by atoms with Crippen LogP contribution in [0.5, 0.6) is 0 Å². The molecule has 0 unspecified atom stereocenters. The second kappa shape index (κ2) is 8.62. The number of nitrogens with zero attached hydrogens (tertiary/aromatic N) is 2. The van der Waals surface area contributed by atoms with E-state index in [-0.39, 0.29) is 12.1 Å². The maximum Gasteiger partial charge on any atom is 0.317 e. The Hall–Kier alpha value is -1.95. The third kappa shape index (κ3) is 5.32. The van der Waals surface area contributed by atoms with E-state index in [2.05, 4.69) is 10.6 Å². The fourth-order valence-corrected chi connectivity index (χ4v) is 2.74. The highest BCUT2D eigenvalue weighted by molar-refractivity contribution is 6.30. The van der Waals surface area contributed by atoms with Crippen molar-refractivity contribution < 1.29 is 9.59 Å². The topological polar surface area (TPSA) is 64.7 Å². The highest BCUT2D eigenvalue weighted by Crippen LogP contribution is 2.10. The predicted octanol–water partition coefficient (Wildman–Crippen LogP) is 2.29. The van der Waals surface area contributed by atoms with Crippen molar-refractivity contribution >= 4 is 23.7 Å². The van der Waals surface area contributed by atoms with Crippen molar-refractivity contribution in [3.63, 3.8) is 0 Å². The Morgan fingerprint density at radius 2 is 1.74 bits per heavy atom. The summed E-state index contributed by atoms with van der Waals surface area (Å²) in [6, 6.07) is 7.25. The van der Waals surface area contributed by atoms with E-state index in [9.17, 15) is 9.59 Å². The Balaban J connectivity index is 1.82. The van der Waals surface area contributed by atoms with Gasteiger partial charge in [-0.05, 0) is 31.0 Å². The normalized spacial score (nSPS) is 15.0. The van der Waals surface area contributed by atoms with Crippen molar-refractivity contribution in [2.75, 3.05) is 32.7 Å². The highest BCUT2D eigenvalue weighted by atomic mass is 35.5. The number of benzene rings is 1. The van der Waals surface area contributed by atoms with E-state index in [1.54, 1.807) is 15.9 Å². The molecule has 0 aromatic heterocycles. The summed E-state index contributed by atoms with van der Waals surface area (Å²) in [5, 5.41) is 6.35. The van der Waals surface area contributed by atoms with E-state index < -0.39 is 0 Å². The third-order valence-corrected chi connectivity index (χ3v) is 3.97. The number of carbonyl (C=O) groups excluding carboxylic acids is 2. The van der Waals surface area contributed by atoms with Gasteiger partial charge in [0.05, 0.1) is 0 Å². The summed E-state index contributed by atoms with van der Waals surface area (Å²) in [6.45, 7) is 5.36. The number of carbonyl (C=O) groups is 2. The molecule has 6 nitrogen and oxygen atoms in total. The Bertz CT molecular complexity index is 553. The fraction of sp³-hybridized carbons (Fsp3) is 0.500. The van der Waals surface area contributed by atoms with Gasteiger partial charge in [0.15, 0.2) is 0 Å². The van der Waals surface area contributed by atoms with E-state index in [0.717, 1.165) is 12.0 Å². The molecule has 2 rings (SSSR count). The summed E-state index contributed by atoms with van der Waals surface area (Å²) < 4.78 is 0. The molecule has 4 amide bonds. The lowest BCUT2D eigenvalue weighted by molar-refractivity contribution is 0.191. The van der Waals surface area contributed by atoms with Crippen LogP contribution in [0.25, 0.3) is 0 Å². The van der Waals surface area contributed by atoms with Gasteiger partial charge in [-0.25, -0.2) is 9.59 Å². The average Bonchev–Trinajstić information content (AvgIpc) is 2.79. The minimum atomic E-state index is -0.109. The lowest BCUT2D eigenvalue weighted by Gasteiger charge is -2.22. The van der Waals surface area contributed by atoms with Crippen molar-refractivity contribution in [1.29, 1.82) is 0 Å². The smallest absolute Gasteiger partial charge is 0.317 e. The summed E-state index contributed by atoms with van der Waals surface area (Å²) in [6.07, 6.45) is 0.779. The molecular formula is C16H23ClN4O2. The minimum Gasteiger partial charge on any atom is -0.338 e. The molecule has 0 aliphatic carbocycles. The number of urea groups is 2. The molecule has 1 saturated heterocycles. The van der Waals surface area contributed by atoms with Crippen molar-refractivity contribution in [3.05, 3.63) is 34.9 Å². The lowest BCUT2D eigenvalue weighted by Crippen LogP contribution is -2.44. The molecule has 1 aromatic rings. The van der Waals surface area contributed by atoms with Crippen molar-refractivity contribution in [1.82, 2.24) is 20.4 Å². The van der Waals surface area contributed by atoms with Gasteiger partial charge in [0.25, 0.3) is 0 Å². The number of hydrogen-bond acceptors (Lipinski definition) is 2. The van der Waals surface area contributed by atoms with E-state index >= 15 is 0 Å². The van der Waals surface area contributed by atoms with Crippen LogP contribution < -0.4 is 10.6 Å². The molecule has 23 heavy (non-hydrogen) atoms. The molecule has 7 heteroatoms. The van der Waals surface area contributed by atoms with Gasteiger partial charge in [0, 0.05) is 44.3 Å². The number of rotatable bonds is 3. The summed E-state index contributed by atoms with van der Waals surface area (Å²) in [5.41, 5.74) is 0.963. The molecule has 0 spiro atoms. The zero-order valence-electron chi connectivity index (χ0n) is 13.3. The molecule has 1 aliphatic heterocycles. The zero-order chi connectivity index (χ0) is 16.7. The lowest BCUT2D eigenvalue weighted by atomic mass is 10.2. The van der Waals surface area contributed by atoms with Crippen LogP contribution >= 0.6 is 11.6 Å². The first-order valence-electron chi connectivity index (χ1n) is 7.90. The molecule has 126 valence electrons. The third-order valence-electron chi connectivity index (χ3n) is 3.73. The van der Waals surface area contributed by atoms with Crippen LogP contribution in [-0.2, 0) is 6.54 Å². The Morgan fingerprint density at radius 1 is 1.09 bits per heavy atom. The summed E-state index contributed by atoms with van der Waals surface area (Å²) in [7, 11) is 0. The molecule has 1 heterocycles. The van der Waals surface area contributed by atoms with Gasteiger partial charge < -0.3 is 20.4 Å². The van der Waals surface area contributed by atoms with Crippen LogP contribution in [0.1, 0.15) is 18.9 Å². The number of hydrogen-bond donors (Lipinski definition) is 2. The highest BCUT2D eigenvalue weighted by Gasteiger charge is 2.21. The predicted molar refractivity (Wildman–Crippen MR) is 90.5 cm³/mol. The van der Waals surface area contributed by atoms with Gasteiger partial charge >= 0.3 is 12.1 Å². The molecule has 0 radical (unpaired) electrons. The van der Waals surface area contributed by atoms with Crippen LogP contribution in [0.15, 0.2) is 24.3 Å². The van der Waals surface area contributed by atoms with Gasteiger partial charge in [0.1, 0.15) is 0 Å². The Kier molecular flexibility index (Phi) is 6.52. The first kappa shape index (κ1) is 17.4. The van der Waals surface area contributed by atoms with E-state index in [0.29, 0.717) is 44.3 Å². The van der Waals surface area contributed by atoms with Crippen LogP contribution in [0.4, 0.5) is 9.59 Å². The standard InChI is InChI=1S/C16H23ClN4O2/c1-2-18-15(22)20-7-4-8-21(10-9-20)16(23)19-12-13-5-3-6-14(17)11-13/h3,5-6,11H,2,4,7-10,12H2,1H3,(H,18,22)(H,19,23). The zero-order valence-corrected chi connectivity index (χ0v) is 14.1. The fourth-order valence-electron chi connectivity index (χ4n) is 2.52. The molecule has 1 fully saturated rings. The largest absolute Gasteiger partial charge is 0.338 e. The van der Waals surface area contributed by atoms with Crippen LogP contribution in [0.3, 0.4) is 0 Å². The Morgan fingerprint density at radius 3 is 2.35 bits per heavy atom. The van der Waals surface area contributed by atoms with Gasteiger partial charge in [-0.1, -0.05) is 23.7 Å². The molecule has 1 aliphatic rings. The molecule has 0 bridgehead atoms. The van der Waals surface area contributed by atoms with E-state index in [1.165, 1.54) is 0 Å². The molecule has 1 aromatic carbocycles. The molecular weight excluding hydrogens is 316 g/mol.